The Hall–Kier alpha value is -1.04. The molecule has 0 aromatic rings. The number of alkyl halides is 2. The van der Waals surface area contributed by atoms with Crippen LogP contribution in [0.1, 0.15) is 54.4 Å². The van der Waals surface area contributed by atoms with E-state index in [1.165, 1.54) is 0 Å². The van der Waals surface area contributed by atoms with Gasteiger partial charge in [0, 0.05) is 30.0 Å². The molecular formula is C20H32F2N2O2. The number of ketones is 1. The third-order valence-corrected chi connectivity index (χ3v) is 6.58. The molecule has 1 saturated carbocycles. The van der Waals surface area contributed by atoms with Gasteiger partial charge in [-0.2, -0.15) is 0 Å². The zero-order valence-corrected chi connectivity index (χ0v) is 16.9. The second kappa shape index (κ2) is 5.73. The molecule has 26 heavy (non-hydrogen) atoms. The van der Waals surface area contributed by atoms with Gasteiger partial charge in [-0.15, -0.1) is 0 Å². The monoisotopic (exact) mass is 370 g/mol. The molecule has 6 heteroatoms. The van der Waals surface area contributed by atoms with Crippen molar-refractivity contribution in [2.75, 3.05) is 26.2 Å². The molecule has 2 saturated heterocycles. The van der Waals surface area contributed by atoms with E-state index in [0.717, 1.165) is 25.9 Å². The molecule has 0 aromatic carbocycles. The molecule has 1 aliphatic carbocycles. The van der Waals surface area contributed by atoms with Crippen LogP contribution in [0.4, 0.5) is 8.78 Å². The number of likely N-dealkylation sites (tertiary alicyclic amines) is 2. The first-order valence-electron chi connectivity index (χ1n) is 9.69. The third kappa shape index (κ3) is 2.79. The van der Waals surface area contributed by atoms with Gasteiger partial charge >= 0.3 is 0 Å². The van der Waals surface area contributed by atoms with E-state index in [1.807, 2.05) is 0 Å². The number of carbonyl (C=O) groups is 2. The highest BCUT2D eigenvalue weighted by molar-refractivity contribution is 5.96. The summed E-state index contributed by atoms with van der Waals surface area (Å²) in [7, 11) is 0. The Morgan fingerprint density at radius 1 is 1.00 bits per heavy atom. The molecular weight excluding hydrogens is 338 g/mol. The maximum Gasteiger partial charge on any atom is 0.268 e. The summed E-state index contributed by atoms with van der Waals surface area (Å²) in [5, 5.41) is 0. The van der Waals surface area contributed by atoms with Crippen molar-refractivity contribution in [3.63, 3.8) is 0 Å². The number of rotatable bonds is 2. The topological polar surface area (TPSA) is 40.6 Å². The van der Waals surface area contributed by atoms with Crippen LogP contribution in [0.3, 0.4) is 0 Å². The summed E-state index contributed by atoms with van der Waals surface area (Å²) in [5.41, 5.74) is -2.39. The summed E-state index contributed by atoms with van der Waals surface area (Å²) < 4.78 is 28.7. The van der Waals surface area contributed by atoms with Crippen molar-refractivity contribution in [3.05, 3.63) is 0 Å². The second-order valence-electron chi connectivity index (χ2n) is 10.4. The van der Waals surface area contributed by atoms with E-state index in [0.29, 0.717) is 0 Å². The van der Waals surface area contributed by atoms with Crippen molar-refractivity contribution in [2.45, 2.75) is 65.8 Å². The lowest BCUT2D eigenvalue weighted by atomic mass is 9.80. The van der Waals surface area contributed by atoms with Crippen LogP contribution in [-0.2, 0) is 9.59 Å². The fraction of sp³-hybridized carbons (Fsp3) is 0.900. The van der Waals surface area contributed by atoms with E-state index >= 15 is 0 Å². The van der Waals surface area contributed by atoms with E-state index in [4.69, 9.17) is 0 Å². The Kier molecular flexibility index (Phi) is 4.34. The Bertz CT molecular complexity index is 612. The van der Waals surface area contributed by atoms with Gasteiger partial charge in [0.25, 0.3) is 5.92 Å². The zero-order chi connectivity index (χ0) is 19.7. The van der Waals surface area contributed by atoms with Crippen LogP contribution in [0.15, 0.2) is 0 Å². The van der Waals surface area contributed by atoms with E-state index in [1.54, 1.807) is 25.7 Å². The molecule has 0 bridgehead atoms. The minimum Gasteiger partial charge on any atom is -0.341 e. The standard InChI is InChI=1S/C20H32F2N2O2/c1-17(2,3)16(26)19-12-23(11-14(19)20(19,21)22)15(25)13-7-9-24(10-8-13)18(4,5)6/h13-14H,7-12H2,1-6H3. The average Bonchev–Trinajstić information content (AvgIpc) is 2.86. The molecule has 2 unspecified atom stereocenters. The third-order valence-electron chi connectivity index (χ3n) is 6.58. The summed E-state index contributed by atoms with van der Waals surface area (Å²) in [6.45, 7) is 13.1. The highest BCUT2D eigenvalue weighted by atomic mass is 19.3. The predicted octanol–water partition coefficient (Wildman–Crippen LogP) is 3.21. The summed E-state index contributed by atoms with van der Waals surface area (Å²) in [6, 6.07) is 0. The number of hydrogen-bond donors (Lipinski definition) is 0. The molecule has 4 nitrogen and oxygen atoms in total. The van der Waals surface area contributed by atoms with Crippen molar-refractivity contribution >= 4 is 11.7 Å². The van der Waals surface area contributed by atoms with E-state index in [2.05, 4.69) is 25.7 Å². The zero-order valence-electron chi connectivity index (χ0n) is 16.9. The fourth-order valence-electron chi connectivity index (χ4n) is 4.88. The smallest absolute Gasteiger partial charge is 0.268 e. The fourth-order valence-corrected chi connectivity index (χ4v) is 4.88. The SMILES string of the molecule is CC(C)(C)C(=O)C12CN(C(=O)C3CCN(C(C)(C)C)CC3)CC1C2(F)F. The Morgan fingerprint density at radius 2 is 1.54 bits per heavy atom. The van der Waals surface area contributed by atoms with E-state index in [9.17, 15) is 18.4 Å². The van der Waals surface area contributed by atoms with Gasteiger partial charge in [-0.1, -0.05) is 20.8 Å². The number of nitrogens with zero attached hydrogens (tertiary/aromatic N) is 2. The Labute approximate surface area is 155 Å². The highest BCUT2D eigenvalue weighted by Crippen LogP contribution is 2.71. The molecule has 148 valence electrons. The molecule has 3 aliphatic rings. The van der Waals surface area contributed by atoms with Crippen LogP contribution in [0.5, 0.6) is 0 Å². The quantitative estimate of drug-likeness (QED) is 0.749. The van der Waals surface area contributed by atoms with Crippen LogP contribution in [0.25, 0.3) is 0 Å². The van der Waals surface area contributed by atoms with Crippen molar-refractivity contribution in [2.24, 2.45) is 22.7 Å². The van der Waals surface area contributed by atoms with E-state index < -0.39 is 28.5 Å². The van der Waals surface area contributed by atoms with Gasteiger partial charge in [-0.05, 0) is 46.7 Å². The van der Waals surface area contributed by atoms with Gasteiger partial charge < -0.3 is 4.90 Å². The van der Waals surface area contributed by atoms with Gasteiger partial charge in [0.2, 0.25) is 5.91 Å². The number of amides is 1. The lowest BCUT2D eigenvalue weighted by molar-refractivity contribution is -0.142. The number of fused-ring (bicyclic) bond motifs is 1. The maximum atomic E-state index is 14.4. The Morgan fingerprint density at radius 3 is 2.00 bits per heavy atom. The molecule has 0 radical (unpaired) electrons. The van der Waals surface area contributed by atoms with Crippen LogP contribution in [0.2, 0.25) is 0 Å². The van der Waals surface area contributed by atoms with Crippen molar-refractivity contribution in [3.8, 4) is 0 Å². The minimum absolute atomic E-state index is 0.0210. The number of hydrogen-bond acceptors (Lipinski definition) is 3. The van der Waals surface area contributed by atoms with Crippen LogP contribution in [0, 0.1) is 22.7 Å². The molecule has 2 heterocycles. The first kappa shape index (κ1) is 19.7. The van der Waals surface area contributed by atoms with E-state index in [-0.39, 0.29) is 30.5 Å². The minimum atomic E-state index is -2.97. The first-order chi connectivity index (χ1) is 11.7. The lowest BCUT2D eigenvalue weighted by Crippen LogP contribution is -2.50. The Balaban J connectivity index is 1.67. The average molecular weight is 370 g/mol. The van der Waals surface area contributed by atoms with Gasteiger partial charge in [-0.3, -0.25) is 14.5 Å². The molecule has 2 atom stereocenters. The normalized spacial score (nSPS) is 32.5. The van der Waals surface area contributed by atoms with Crippen molar-refractivity contribution < 1.29 is 18.4 Å². The van der Waals surface area contributed by atoms with Gasteiger partial charge in [0.15, 0.2) is 5.78 Å². The maximum absolute atomic E-state index is 14.4. The second-order valence-corrected chi connectivity index (χ2v) is 10.4. The number of piperidine rings is 2. The number of halogens is 2. The summed E-state index contributed by atoms with van der Waals surface area (Å²) in [5.74, 6) is -4.52. The molecule has 2 aliphatic heterocycles. The lowest BCUT2D eigenvalue weighted by Gasteiger charge is -2.41. The van der Waals surface area contributed by atoms with Crippen LogP contribution >= 0.6 is 0 Å². The van der Waals surface area contributed by atoms with Crippen LogP contribution in [-0.4, -0.2) is 59.1 Å². The van der Waals surface area contributed by atoms with Crippen molar-refractivity contribution in [1.82, 2.24) is 9.80 Å². The molecule has 1 amide bonds. The first-order valence-corrected chi connectivity index (χ1v) is 9.69. The molecule has 0 spiro atoms. The number of carbonyl (C=O) groups excluding carboxylic acids is 2. The molecule has 3 fully saturated rings. The largest absolute Gasteiger partial charge is 0.341 e. The summed E-state index contributed by atoms with van der Waals surface area (Å²) in [6.07, 6.45) is 1.52. The van der Waals surface area contributed by atoms with Gasteiger partial charge in [-0.25, -0.2) is 8.78 Å². The van der Waals surface area contributed by atoms with Crippen molar-refractivity contribution in [1.29, 1.82) is 0 Å². The molecule has 3 rings (SSSR count). The highest BCUT2D eigenvalue weighted by Gasteiger charge is 2.88. The van der Waals surface area contributed by atoms with Gasteiger partial charge in [0.05, 0.1) is 5.92 Å². The van der Waals surface area contributed by atoms with Gasteiger partial charge in [0.1, 0.15) is 5.41 Å². The summed E-state index contributed by atoms with van der Waals surface area (Å²) in [4.78, 5) is 29.5. The predicted molar refractivity (Wildman–Crippen MR) is 96.0 cm³/mol. The summed E-state index contributed by atoms with van der Waals surface area (Å²) >= 11 is 0. The molecule has 0 aromatic heterocycles. The van der Waals surface area contributed by atoms with Crippen LogP contribution < -0.4 is 0 Å². The molecule has 0 N–H and O–H groups in total. The number of Topliss-reactive ketones (excluding diaryl/α,β-unsaturated/α-hetero) is 1.